The highest BCUT2D eigenvalue weighted by Gasteiger charge is 2.10. The van der Waals surface area contributed by atoms with Crippen LogP contribution in [0.1, 0.15) is 17.5 Å². The molecular formula is C30H30N2O3. The Morgan fingerprint density at radius 2 is 1.20 bits per heavy atom. The molecule has 0 aliphatic rings. The highest BCUT2D eigenvalue weighted by Crippen LogP contribution is 2.26. The quantitative estimate of drug-likeness (QED) is 0.240. The van der Waals surface area contributed by atoms with Crippen LogP contribution >= 0.6 is 0 Å². The van der Waals surface area contributed by atoms with Gasteiger partial charge in [-0.25, -0.2) is 0 Å². The van der Waals surface area contributed by atoms with Gasteiger partial charge in [-0.05, 0) is 48.2 Å². The highest BCUT2D eigenvalue weighted by atomic mass is 16.5. The van der Waals surface area contributed by atoms with Crippen molar-refractivity contribution in [3.63, 3.8) is 0 Å². The SMILES string of the molecule is O=C(CNc1ccccc1OCCCc1ccccc1)Nc1ccccc1OCc1ccccc1. The number of hydrogen-bond acceptors (Lipinski definition) is 4. The fourth-order valence-corrected chi connectivity index (χ4v) is 3.64. The topological polar surface area (TPSA) is 59.6 Å². The van der Waals surface area contributed by atoms with E-state index < -0.39 is 0 Å². The van der Waals surface area contributed by atoms with Crippen LogP contribution in [0.2, 0.25) is 0 Å². The van der Waals surface area contributed by atoms with Crippen LogP contribution < -0.4 is 20.1 Å². The van der Waals surface area contributed by atoms with Crippen LogP contribution in [0.25, 0.3) is 0 Å². The van der Waals surface area contributed by atoms with Crippen LogP contribution in [0.4, 0.5) is 11.4 Å². The Morgan fingerprint density at radius 3 is 1.91 bits per heavy atom. The van der Waals surface area contributed by atoms with Crippen molar-refractivity contribution in [3.8, 4) is 11.5 Å². The first kappa shape index (κ1) is 23.9. The summed E-state index contributed by atoms with van der Waals surface area (Å²) < 4.78 is 11.9. The van der Waals surface area contributed by atoms with E-state index in [-0.39, 0.29) is 12.5 Å². The van der Waals surface area contributed by atoms with E-state index in [2.05, 4.69) is 22.8 Å². The van der Waals surface area contributed by atoms with E-state index in [0.29, 0.717) is 24.7 Å². The summed E-state index contributed by atoms with van der Waals surface area (Å²) in [6.45, 7) is 1.14. The summed E-state index contributed by atoms with van der Waals surface area (Å²) in [4.78, 5) is 12.7. The fourth-order valence-electron chi connectivity index (χ4n) is 3.64. The maximum absolute atomic E-state index is 12.7. The van der Waals surface area contributed by atoms with Crippen molar-refractivity contribution in [3.05, 3.63) is 120 Å². The van der Waals surface area contributed by atoms with E-state index in [0.717, 1.165) is 29.8 Å². The van der Waals surface area contributed by atoms with Crippen molar-refractivity contribution >= 4 is 17.3 Å². The molecule has 0 saturated heterocycles. The Hall–Kier alpha value is -4.25. The molecule has 178 valence electrons. The monoisotopic (exact) mass is 466 g/mol. The Bertz CT molecular complexity index is 1200. The first-order valence-electron chi connectivity index (χ1n) is 11.8. The van der Waals surface area contributed by atoms with E-state index in [1.54, 1.807) is 0 Å². The summed E-state index contributed by atoms with van der Waals surface area (Å²) in [7, 11) is 0. The molecule has 0 bridgehead atoms. The van der Waals surface area contributed by atoms with Gasteiger partial charge in [0.2, 0.25) is 5.91 Å². The molecule has 4 aromatic rings. The smallest absolute Gasteiger partial charge is 0.243 e. The second kappa shape index (κ2) is 12.8. The molecule has 0 aromatic heterocycles. The van der Waals surface area contributed by atoms with Crippen LogP contribution in [-0.2, 0) is 17.8 Å². The van der Waals surface area contributed by atoms with E-state index in [1.165, 1.54) is 5.56 Å². The predicted molar refractivity (Wildman–Crippen MR) is 141 cm³/mol. The molecule has 4 rings (SSSR count). The Labute approximate surface area is 206 Å². The number of para-hydroxylation sites is 4. The Kier molecular flexibility index (Phi) is 8.77. The lowest BCUT2D eigenvalue weighted by molar-refractivity contribution is -0.114. The molecule has 35 heavy (non-hydrogen) atoms. The molecule has 5 nitrogen and oxygen atoms in total. The van der Waals surface area contributed by atoms with Crippen LogP contribution in [-0.4, -0.2) is 19.1 Å². The maximum atomic E-state index is 12.7. The van der Waals surface area contributed by atoms with Gasteiger partial charge in [0.15, 0.2) is 0 Å². The van der Waals surface area contributed by atoms with E-state index in [9.17, 15) is 4.79 Å². The van der Waals surface area contributed by atoms with Crippen LogP contribution in [0, 0.1) is 0 Å². The second-order valence-electron chi connectivity index (χ2n) is 8.11. The molecule has 4 aromatic carbocycles. The third-order valence-corrected chi connectivity index (χ3v) is 5.43. The van der Waals surface area contributed by atoms with Crippen molar-refractivity contribution < 1.29 is 14.3 Å². The zero-order valence-corrected chi connectivity index (χ0v) is 19.7. The molecule has 0 unspecified atom stereocenters. The number of carbonyl (C=O) groups is 1. The van der Waals surface area contributed by atoms with Gasteiger partial charge in [0.1, 0.15) is 18.1 Å². The van der Waals surface area contributed by atoms with Crippen LogP contribution in [0.15, 0.2) is 109 Å². The fraction of sp³-hybridized carbons (Fsp3) is 0.167. The van der Waals surface area contributed by atoms with Crippen molar-refractivity contribution in [1.29, 1.82) is 0 Å². The number of aryl methyl sites for hydroxylation is 1. The predicted octanol–water partition coefficient (Wildman–Crippen LogP) is 6.33. The van der Waals surface area contributed by atoms with Crippen LogP contribution in [0.3, 0.4) is 0 Å². The van der Waals surface area contributed by atoms with Gasteiger partial charge in [0.25, 0.3) is 0 Å². The van der Waals surface area contributed by atoms with Crippen molar-refractivity contribution in [2.24, 2.45) is 0 Å². The number of hydrogen-bond donors (Lipinski definition) is 2. The first-order chi connectivity index (χ1) is 17.3. The molecule has 5 heteroatoms. The first-order valence-corrected chi connectivity index (χ1v) is 11.8. The van der Waals surface area contributed by atoms with Gasteiger partial charge in [-0.3, -0.25) is 4.79 Å². The normalized spacial score (nSPS) is 10.4. The third-order valence-electron chi connectivity index (χ3n) is 5.43. The largest absolute Gasteiger partial charge is 0.491 e. The van der Waals surface area contributed by atoms with E-state index >= 15 is 0 Å². The summed E-state index contributed by atoms with van der Waals surface area (Å²) in [6.07, 6.45) is 1.88. The summed E-state index contributed by atoms with van der Waals surface area (Å²) in [5.41, 5.74) is 3.79. The summed E-state index contributed by atoms with van der Waals surface area (Å²) in [6, 6.07) is 35.4. The lowest BCUT2D eigenvalue weighted by Crippen LogP contribution is -2.22. The molecule has 0 aliphatic heterocycles. The molecular weight excluding hydrogens is 436 g/mol. The zero-order valence-electron chi connectivity index (χ0n) is 19.7. The number of carbonyl (C=O) groups excluding carboxylic acids is 1. The molecule has 1 amide bonds. The van der Waals surface area contributed by atoms with Gasteiger partial charge in [-0.2, -0.15) is 0 Å². The third kappa shape index (κ3) is 7.64. The maximum Gasteiger partial charge on any atom is 0.243 e. The summed E-state index contributed by atoms with van der Waals surface area (Å²) in [5, 5.41) is 6.13. The minimum atomic E-state index is -0.167. The molecule has 0 spiro atoms. The molecule has 0 heterocycles. The Balaban J connectivity index is 1.27. The summed E-state index contributed by atoms with van der Waals surface area (Å²) >= 11 is 0. The summed E-state index contributed by atoms with van der Waals surface area (Å²) in [5.74, 6) is 1.20. The number of rotatable bonds is 12. The number of amides is 1. The van der Waals surface area contributed by atoms with Gasteiger partial charge in [0.05, 0.1) is 24.5 Å². The van der Waals surface area contributed by atoms with Crippen molar-refractivity contribution in [1.82, 2.24) is 0 Å². The second-order valence-corrected chi connectivity index (χ2v) is 8.11. The number of nitrogens with one attached hydrogen (secondary N) is 2. The minimum absolute atomic E-state index is 0.109. The van der Waals surface area contributed by atoms with E-state index in [1.807, 2.05) is 97.1 Å². The molecule has 0 fully saturated rings. The molecule has 0 radical (unpaired) electrons. The lowest BCUT2D eigenvalue weighted by atomic mass is 10.1. The molecule has 0 atom stereocenters. The van der Waals surface area contributed by atoms with Gasteiger partial charge >= 0.3 is 0 Å². The number of benzene rings is 4. The van der Waals surface area contributed by atoms with Gasteiger partial charge in [0, 0.05) is 0 Å². The van der Waals surface area contributed by atoms with Gasteiger partial charge in [-0.1, -0.05) is 84.9 Å². The average Bonchev–Trinajstić information content (AvgIpc) is 2.91. The molecule has 2 N–H and O–H groups in total. The van der Waals surface area contributed by atoms with Gasteiger partial charge in [-0.15, -0.1) is 0 Å². The Morgan fingerprint density at radius 1 is 0.629 bits per heavy atom. The number of anilines is 2. The van der Waals surface area contributed by atoms with Crippen molar-refractivity contribution in [2.75, 3.05) is 23.8 Å². The average molecular weight is 467 g/mol. The standard InChI is InChI=1S/C30H30N2O3/c33-30(32-27-18-8-10-20-29(27)35-23-25-14-5-2-6-15-25)22-31-26-17-7-9-19-28(26)34-21-11-16-24-12-3-1-4-13-24/h1-10,12-15,17-20,31H,11,16,21-23H2,(H,32,33). The molecule has 0 saturated carbocycles. The minimum Gasteiger partial charge on any atom is -0.491 e. The van der Waals surface area contributed by atoms with Gasteiger partial charge < -0.3 is 20.1 Å². The number of ether oxygens (including phenoxy) is 2. The van der Waals surface area contributed by atoms with E-state index in [4.69, 9.17) is 9.47 Å². The molecule has 0 aliphatic carbocycles. The van der Waals surface area contributed by atoms with Crippen LogP contribution in [0.5, 0.6) is 11.5 Å². The lowest BCUT2D eigenvalue weighted by Gasteiger charge is -2.15. The van der Waals surface area contributed by atoms with Crippen molar-refractivity contribution in [2.45, 2.75) is 19.4 Å². The highest BCUT2D eigenvalue weighted by molar-refractivity contribution is 5.95. The zero-order chi connectivity index (χ0) is 24.1.